The number of likely N-dealkylation sites (tertiary alicyclic amines) is 2. The van der Waals surface area contributed by atoms with Gasteiger partial charge >= 0.3 is 0 Å². The van der Waals surface area contributed by atoms with Crippen molar-refractivity contribution in [2.45, 2.75) is 118 Å². The minimum atomic E-state index is -3.10. The fraction of sp³-hybridized carbons (Fsp3) is 0.320. The van der Waals surface area contributed by atoms with Crippen molar-refractivity contribution >= 4 is 52.9 Å². The Hall–Kier alpha value is -11.3. The number of amides is 6. The summed E-state index contributed by atoms with van der Waals surface area (Å²) in [5.74, 6) is -7.48. The van der Waals surface area contributed by atoms with E-state index >= 15 is 0 Å². The monoisotopic (exact) mass is 1420 g/mol. The first kappa shape index (κ1) is 75.9. The maximum atomic E-state index is 14.8. The third kappa shape index (κ3) is 17.6. The molecule has 0 aliphatic carbocycles. The van der Waals surface area contributed by atoms with Crippen LogP contribution in [-0.4, -0.2) is 114 Å². The smallest absolute Gasteiger partial charge is 0.282 e. The van der Waals surface area contributed by atoms with Crippen LogP contribution in [0.25, 0.3) is 33.8 Å². The molecule has 6 aromatic carbocycles. The topological polar surface area (TPSA) is 355 Å². The lowest BCUT2D eigenvalue weighted by Gasteiger charge is -2.36. The first-order valence-electron chi connectivity index (χ1n) is 33.4. The number of nitrogen functional groups attached to an aromatic ring is 3. The highest BCUT2D eigenvalue weighted by atomic mass is 19.3. The van der Waals surface area contributed by atoms with Gasteiger partial charge in [-0.2, -0.15) is 15.3 Å². The molecule has 2 aliphatic heterocycles. The standard InChI is InChI=1S/C25H27F3N6O2.C25H29FN6O2.C25H30FN5O2/c1-14-3-8-17(26)11-18(14)24(36)31-12-15-4-6-16(7-5-15)21-20(23(30)35)22(29)34(32-21)19-9-10-33(2)13-25(19,27)28;1-15-5-10-19(26)13-20(15)25(34)29-14-17-6-8-18(9-7-17)22-21(24(28)33)23(27)32(30-22)16(2)31-11-3-4-12-31;1-14-6-11-18(26)12-19(14)24(33)29-13-16-7-9-17(10-8-16)21-20(23(28)32)22(27)31(30-21)15(2)25(3,4)5/h3-8,11,19H,9-10,12-13,29H2,1-2H3,(H2,30,35)(H,31,36);5-10,13,16H,3-4,11-12,14,27H2,1-2H3,(H2,28,33)(H,29,34);6-12,15H,13,27H2,1-5H3,(H2,28,32)(H,29,33). The van der Waals surface area contributed by atoms with E-state index in [4.69, 9.17) is 34.4 Å². The highest BCUT2D eigenvalue weighted by molar-refractivity contribution is 6.05. The van der Waals surface area contributed by atoms with Crippen molar-refractivity contribution in [2.24, 2.45) is 22.6 Å². The lowest BCUT2D eigenvalue weighted by molar-refractivity contribution is -0.101. The molecule has 28 heteroatoms. The van der Waals surface area contributed by atoms with E-state index in [2.05, 4.69) is 56.9 Å². The molecule has 2 saturated heterocycles. The number of anilines is 3. The number of hydrogen-bond acceptors (Lipinski definition) is 14. The van der Waals surface area contributed by atoms with Gasteiger partial charge in [-0.15, -0.1) is 0 Å². The number of piperidine rings is 1. The second-order valence-electron chi connectivity index (χ2n) is 27.0. The summed E-state index contributed by atoms with van der Waals surface area (Å²) < 4.78 is 74.3. The van der Waals surface area contributed by atoms with Crippen molar-refractivity contribution in [3.05, 3.63) is 212 Å². The van der Waals surface area contributed by atoms with E-state index < -0.39 is 59.6 Å². The summed E-state index contributed by atoms with van der Waals surface area (Å²) in [6, 6.07) is 32.1. The molecule has 11 rings (SSSR count). The van der Waals surface area contributed by atoms with E-state index in [1.165, 1.54) is 47.4 Å². The predicted octanol–water partition coefficient (Wildman–Crippen LogP) is 10.6. The number of aryl methyl sites for hydroxylation is 3. The van der Waals surface area contributed by atoms with Crippen LogP contribution in [0.15, 0.2) is 127 Å². The third-order valence-corrected chi connectivity index (χ3v) is 18.6. The van der Waals surface area contributed by atoms with E-state index in [0.29, 0.717) is 62.4 Å². The minimum absolute atomic E-state index is 0.0647. The molecule has 3 unspecified atom stereocenters. The molecule has 542 valence electrons. The second kappa shape index (κ2) is 31.7. The van der Waals surface area contributed by atoms with Crippen molar-refractivity contribution < 1.29 is 50.7 Å². The molecule has 5 heterocycles. The van der Waals surface area contributed by atoms with E-state index in [0.717, 1.165) is 47.3 Å². The van der Waals surface area contributed by atoms with Gasteiger partial charge < -0.3 is 55.3 Å². The summed E-state index contributed by atoms with van der Waals surface area (Å²) in [5, 5.41) is 21.9. The number of rotatable bonds is 19. The van der Waals surface area contributed by atoms with Gasteiger partial charge in [-0.25, -0.2) is 36.0 Å². The van der Waals surface area contributed by atoms with Gasteiger partial charge in [0.2, 0.25) is 0 Å². The lowest BCUT2D eigenvalue weighted by atomic mass is 9.88. The molecule has 9 aromatic rings. The molecule has 2 aliphatic rings. The average molecular weight is 1420 g/mol. The molecule has 2 fully saturated rings. The van der Waals surface area contributed by atoms with Gasteiger partial charge in [-0.1, -0.05) is 112 Å². The number of nitrogens with two attached hydrogens (primary N) is 6. The molecule has 6 amide bonds. The number of nitrogens with one attached hydrogen (secondary N) is 3. The third-order valence-electron chi connectivity index (χ3n) is 18.6. The normalized spacial score (nSPS) is 15.0. The van der Waals surface area contributed by atoms with Crippen LogP contribution in [0.5, 0.6) is 0 Å². The largest absolute Gasteiger partial charge is 0.383 e. The summed E-state index contributed by atoms with van der Waals surface area (Å²) in [5.41, 5.74) is 43.7. The van der Waals surface area contributed by atoms with Gasteiger partial charge in [0.1, 0.15) is 80.9 Å². The van der Waals surface area contributed by atoms with Crippen LogP contribution in [0, 0.1) is 43.6 Å². The van der Waals surface area contributed by atoms with Gasteiger partial charge in [0, 0.05) is 72.6 Å². The number of halogens is 5. The SMILES string of the molecule is Cc1ccc(F)cc1C(=O)NCc1ccc(-c2nn(C(C)C(C)(C)C)c(N)c2C(N)=O)cc1.Cc1ccc(F)cc1C(=O)NCc1ccc(-c2nn(C(C)N3CCCC3)c(N)c2C(N)=O)cc1.Cc1ccc(F)cc1C(=O)NCc1ccc(-c2nn(C3CCN(C)CC3(F)F)c(N)c2C(N)=O)cc1. The van der Waals surface area contributed by atoms with Gasteiger partial charge in [-0.05, 0) is 136 Å². The zero-order valence-corrected chi connectivity index (χ0v) is 58.8. The van der Waals surface area contributed by atoms with E-state index in [1.807, 2.05) is 50.2 Å². The molecule has 0 radical (unpaired) electrons. The van der Waals surface area contributed by atoms with Gasteiger partial charge in [-0.3, -0.25) is 33.7 Å². The fourth-order valence-electron chi connectivity index (χ4n) is 12.2. The Morgan fingerprint density at radius 2 is 0.854 bits per heavy atom. The zero-order valence-electron chi connectivity index (χ0n) is 58.8. The Bertz CT molecular complexity index is 4640. The van der Waals surface area contributed by atoms with Gasteiger partial charge in [0.05, 0.1) is 12.6 Å². The van der Waals surface area contributed by atoms with Gasteiger partial charge in [0.15, 0.2) is 0 Å². The number of benzene rings is 6. The molecule has 3 atom stereocenters. The van der Waals surface area contributed by atoms with E-state index in [-0.39, 0.29) is 101 Å². The van der Waals surface area contributed by atoms with Crippen LogP contribution in [0.1, 0.15) is 168 Å². The molecule has 103 heavy (non-hydrogen) atoms. The second-order valence-corrected chi connectivity index (χ2v) is 27.0. The molecular formula is C75H86F5N17O6. The molecule has 3 aromatic heterocycles. The van der Waals surface area contributed by atoms with E-state index in [1.54, 1.807) is 85.7 Å². The quantitative estimate of drug-likeness (QED) is 0.0340. The Kier molecular flexibility index (Phi) is 23.4. The van der Waals surface area contributed by atoms with Crippen molar-refractivity contribution in [1.82, 2.24) is 55.1 Å². The molecule has 15 N–H and O–H groups in total. The average Bonchev–Trinajstić information content (AvgIpc) is 1.61. The number of alkyl halides is 2. The van der Waals surface area contributed by atoms with Crippen LogP contribution in [0.2, 0.25) is 0 Å². The molecule has 23 nitrogen and oxygen atoms in total. The highest BCUT2D eigenvalue weighted by Gasteiger charge is 2.47. The fourth-order valence-corrected chi connectivity index (χ4v) is 12.2. The Labute approximate surface area is 593 Å². The van der Waals surface area contributed by atoms with Crippen molar-refractivity contribution in [3.63, 3.8) is 0 Å². The van der Waals surface area contributed by atoms with Crippen molar-refractivity contribution in [3.8, 4) is 33.8 Å². The molecule has 0 spiro atoms. The zero-order chi connectivity index (χ0) is 75.1. The number of carbonyl (C=O) groups is 6. The Balaban J connectivity index is 0.000000180. The number of carbonyl (C=O) groups excluding carboxylic acids is 6. The highest BCUT2D eigenvalue weighted by Crippen LogP contribution is 2.41. The minimum Gasteiger partial charge on any atom is -0.383 e. The van der Waals surface area contributed by atoms with Crippen molar-refractivity contribution in [2.75, 3.05) is 50.4 Å². The van der Waals surface area contributed by atoms with E-state index in [9.17, 15) is 50.7 Å². The molecular weight excluding hydrogens is 1330 g/mol. The first-order valence-corrected chi connectivity index (χ1v) is 33.4. The van der Waals surface area contributed by atoms with Crippen LogP contribution in [-0.2, 0) is 19.6 Å². The molecule has 0 saturated carbocycles. The first-order chi connectivity index (χ1) is 48.6. The van der Waals surface area contributed by atoms with Crippen LogP contribution < -0.4 is 50.4 Å². The van der Waals surface area contributed by atoms with Gasteiger partial charge in [0.25, 0.3) is 41.4 Å². The maximum absolute atomic E-state index is 14.8. The lowest BCUT2D eigenvalue weighted by Crippen LogP contribution is -2.48. The summed E-state index contributed by atoms with van der Waals surface area (Å²) in [6.45, 7) is 18.0. The Morgan fingerprint density at radius 1 is 0.515 bits per heavy atom. The summed E-state index contributed by atoms with van der Waals surface area (Å²) >= 11 is 0. The summed E-state index contributed by atoms with van der Waals surface area (Å²) in [4.78, 5) is 77.6. The maximum Gasteiger partial charge on any atom is 0.282 e. The number of aromatic nitrogens is 6. The van der Waals surface area contributed by atoms with Crippen LogP contribution in [0.3, 0.4) is 0 Å². The summed E-state index contributed by atoms with van der Waals surface area (Å²) in [7, 11) is 1.61. The number of nitrogens with zero attached hydrogens (tertiary/aromatic N) is 8. The Morgan fingerprint density at radius 3 is 1.20 bits per heavy atom. The van der Waals surface area contributed by atoms with Crippen LogP contribution >= 0.6 is 0 Å². The van der Waals surface area contributed by atoms with Crippen LogP contribution in [0.4, 0.5) is 39.4 Å². The predicted molar refractivity (Wildman–Crippen MR) is 384 cm³/mol. The molecule has 0 bridgehead atoms. The van der Waals surface area contributed by atoms with Crippen molar-refractivity contribution in [1.29, 1.82) is 0 Å². The summed E-state index contributed by atoms with van der Waals surface area (Å²) in [6.07, 6.45) is 2.27. The number of primary amides is 3. The number of hydrogen-bond donors (Lipinski definition) is 9.